The molecule has 0 N–H and O–H groups in total. The number of benzene rings is 1. The summed E-state index contributed by atoms with van der Waals surface area (Å²) in [6.07, 6.45) is 1.19. The highest BCUT2D eigenvalue weighted by atomic mass is 16.5. The van der Waals surface area contributed by atoms with Crippen molar-refractivity contribution in [3.63, 3.8) is 0 Å². The number of likely N-dealkylation sites (N-methyl/N-ethyl adjacent to an activating group) is 1. The molecule has 0 spiro atoms. The van der Waals surface area contributed by atoms with Crippen LogP contribution in [0.25, 0.3) is 5.69 Å². The second-order valence-corrected chi connectivity index (χ2v) is 9.44. The Morgan fingerprint density at radius 2 is 1.79 bits per heavy atom. The number of aryl methyl sites for hydroxylation is 1. The number of carbonyl (C=O) groups is 3. The number of esters is 1. The SMILES string of the molecule is CCOC(=O)C1CCN(C(=O)CN(C)C(=O)c2cc(C)n(-c3cccc(C(C)C)c3)c2C)CC1. The zero-order valence-corrected chi connectivity index (χ0v) is 21.3. The van der Waals surface area contributed by atoms with Crippen molar-refractivity contribution in [1.29, 1.82) is 0 Å². The molecular weight excluding hydrogens is 430 g/mol. The van der Waals surface area contributed by atoms with Crippen molar-refractivity contribution in [2.75, 3.05) is 33.3 Å². The maximum Gasteiger partial charge on any atom is 0.309 e. The molecule has 1 aliphatic heterocycles. The zero-order chi connectivity index (χ0) is 25.0. The van der Waals surface area contributed by atoms with E-state index in [2.05, 4.69) is 30.5 Å². The van der Waals surface area contributed by atoms with Gasteiger partial charge in [0.05, 0.1) is 24.6 Å². The minimum Gasteiger partial charge on any atom is -0.466 e. The molecule has 1 saturated heterocycles. The lowest BCUT2D eigenvalue weighted by molar-refractivity contribution is -0.151. The first-order valence-corrected chi connectivity index (χ1v) is 12.1. The summed E-state index contributed by atoms with van der Waals surface area (Å²) in [5, 5.41) is 0. The Morgan fingerprint density at radius 3 is 2.41 bits per heavy atom. The highest BCUT2D eigenvalue weighted by molar-refractivity contribution is 5.97. The number of ether oxygens (including phenoxy) is 1. The van der Waals surface area contributed by atoms with Crippen LogP contribution in [-0.4, -0.2) is 65.4 Å². The number of rotatable bonds is 7. The second kappa shape index (κ2) is 10.9. The van der Waals surface area contributed by atoms with Crippen molar-refractivity contribution < 1.29 is 19.1 Å². The van der Waals surface area contributed by atoms with Gasteiger partial charge in [-0.1, -0.05) is 26.0 Å². The Hall–Kier alpha value is -3.09. The average Bonchev–Trinajstić information content (AvgIpc) is 3.12. The second-order valence-electron chi connectivity index (χ2n) is 9.44. The van der Waals surface area contributed by atoms with Gasteiger partial charge in [-0.05, 0) is 63.3 Å². The summed E-state index contributed by atoms with van der Waals surface area (Å²) >= 11 is 0. The maximum atomic E-state index is 13.2. The number of hydrogen-bond acceptors (Lipinski definition) is 4. The highest BCUT2D eigenvalue weighted by Crippen LogP contribution is 2.25. The quantitative estimate of drug-likeness (QED) is 0.575. The van der Waals surface area contributed by atoms with Crippen LogP contribution in [0.4, 0.5) is 0 Å². The summed E-state index contributed by atoms with van der Waals surface area (Å²) in [5.74, 6) is -0.193. The Morgan fingerprint density at radius 1 is 1.12 bits per heavy atom. The predicted octanol–water partition coefficient (Wildman–Crippen LogP) is 4.09. The smallest absolute Gasteiger partial charge is 0.309 e. The van der Waals surface area contributed by atoms with Gasteiger partial charge in [0.1, 0.15) is 0 Å². The largest absolute Gasteiger partial charge is 0.466 e. The third-order valence-corrected chi connectivity index (χ3v) is 6.64. The molecule has 2 heterocycles. The first-order chi connectivity index (χ1) is 16.1. The number of nitrogens with zero attached hydrogens (tertiary/aromatic N) is 3. The van der Waals surface area contributed by atoms with Crippen LogP contribution in [0.2, 0.25) is 0 Å². The molecule has 0 atom stereocenters. The van der Waals surface area contributed by atoms with E-state index >= 15 is 0 Å². The summed E-state index contributed by atoms with van der Waals surface area (Å²) in [5.41, 5.74) is 4.71. The van der Waals surface area contributed by atoms with Crippen LogP contribution in [0, 0.1) is 19.8 Å². The molecule has 0 aliphatic carbocycles. The van der Waals surface area contributed by atoms with E-state index in [0.717, 1.165) is 17.1 Å². The fourth-order valence-electron chi connectivity index (χ4n) is 4.60. The van der Waals surface area contributed by atoms with Crippen LogP contribution >= 0.6 is 0 Å². The summed E-state index contributed by atoms with van der Waals surface area (Å²) in [6, 6.07) is 10.3. The van der Waals surface area contributed by atoms with Gasteiger partial charge in [-0.2, -0.15) is 0 Å². The van der Waals surface area contributed by atoms with Crippen molar-refractivity contribution in [2.45, 2.75) is 53.4 Å². The number of carbonyl (C=O) groups excluding carboxylic acids is 3. The number of piperidine rings is 1. The van der Waals surface area contributed by atoms with E-state index in [4.69, 9.17) is 4.74 Å². The third kappa shape index (κ3) is 5.51. The Labute approximate surface area is 202 Å². The van der Waals surface area contributed by atoms with Gasteiger partial charge in [0.2, 0.25) is 5.91 Å². The predicted molar refractivity (Wildman–Crippen MR) is 132 cm³/mol. The van der Waals surface area contributed by atoms with E-state index in [9.17, 15) is 14.4 Å². The molecule has 0 bridgehead atoms. The van der Waals surface area contributed by atoms with Gasteiger partial charge in [-0.3, -0.25) is 14.4 Å². The molecule has 3 rings (SSSR count). The fourth-order valence-corrected chi connectivity index (χ4v) is 4.60. The van der Waals surface area contributed by atoms with E-state index in [1.54, 1.807) is 18.9 Å². The topological polar surface area (TPSA) is 71.8 Å². The molecular formula is C27H37N3O4. The van der Waals surface area contributed by atoms with Gasteiger partial charge < -0.3 is 19.1 Å². The number of likely N-dealkylation sites (tertiary alicyclic amines) is 1. The van der Waals surface area contributed by atoms with Gasteiger partial charge in [-0.15, -0.1) is 0 Å². The normalized spacial score (nSPS) is 14.4. The number of hydrogen-bond donors (Lipinski definition) is 0. The van der Waals surface area contributed by atoms with Crippen LogP contribution in [0.3, 0.4) is 0 Å². The van der Waals surface area contributed by atoms with Crippen LogP contribution in [0.15, 0.2) is 30.3 Å². The van der Waals surface area contributed by atoms with E-state index in [1.807, 2.05) is 32.0 Å². The first kappa shape index (κ1) is 25.5. The van der Waals surface area contributed by atoms with E-state index in [-0.39, 0.29) is 30.2 Å². The van der Waals surface area contributed by atoms with E-state index < -0.39 is 0 Å². The van der Waals surface area contributed by atoms with Gasteiger partial charge >= 0.3 is 5.97 Å². The van der Waals surface area contributed by atoms with Crippen LogP contribution in [0.1, 0.15) is 66.8 Å². The molecule has 0 radical (unpaired) electrons. The molecule has 7 heteroatoms. The molecule has 2 aromatic rings. The van der Waals surface area contributed by atoms with Crippen molar-refractivity contribution in [2.24, 2.45) is 5.92 Å². The molecule has 0 unspecified atom stereocenters. The summed E-state index contributed by atoms with van der Waals surface area (Å²) < 4.78 is 7.19. The van der Waals surface area contributed by atoms with Crippen LogP contribution in [0.5, 0.6) is 0 Å². The van der Waals surface area contributed by atoms with Crippen molar-refractivity contribution in [1.82, 2.24) is 14.4 Å². The highest BCUT2D eigenvalue weighted by Gasteiger charge is 2.29. The minimum atomic E-state index is -0.184. The molecule has 1 aromatic heterocycles. The molecule has 34 heavy (non-hydrogen) atoms. The number of amides is 2. The summed E-state index contributed by atoms with van der Waals surface area (Å²) in [6.45, 7) is 11.4. The summed E-state index contributed by atoms with van der Waals surface area (Å²) in [4.78, 5) is 41.2. The lowest BCUT2D eigenvalue weighted by Crippen LogP contribution is -2.45. The molecule has 2 amide bonds. The van der Waals surface area contributed by atoms with Crippen molar-refractivity contribution in [3.8, 4) is 5.69 Å². The van der Waals surface area contributed by atoms with Gasteiger partial charge in [0.15, 0.2) is 0 Å². The van der Waals surface area contributed by atoms with Crippen molar-refractivity contribution in [3.05, 3.63) is 52.8 Å². The Bertz CT molecular complexity index is 1050. The van der Waals surface area contributed by atoms with E-state index in [0.29, 0.717) is 44.0 Å². The third-order valence-electron chi connectivity index (χ3n) is 6.64. The number of aromatic nitrogens is 1. The molecule has 1 aromatic carbocycles. The standard InChI is InChI=1S/C27H37N3O4/c1-7-34-27(33)21-11-13-29(14-12-21)25(31)17-28(6)26(32)24-15-19(4)30(20(24)5)23-10-8-9-22(16-23)18(2)3/h8-10,15-16,18,21H,7,11-14,17H2,1-6H3. The molecule has 7 nitrogen and oxygen atoms in total. The Balaban J connectivity index is 1.67. The molecule has 1 aliphatic rings. The summed E-state index contributed by atoms with van der Waals surface area (Å²) in [7, 11) is 1.66. The van der Waals surface area contributed by atoms with Crippen LogP contribution < -0.4 is 0 Å². The maximum absolute atomic E-state index is 13.2. The molecule has 184 valence electrons. The minimum absolute atomic E-state index is 0.00933. The zero-order valence-electron chi connectivity index (χ0n) is 21.3. The van der Waals surface area contributed by atoms with Gasteiger partial charge in [0.25, 0.3) is 5.91 Å². The Kier molecular flexibility index (Phi) is 8.18. The van der Waals surface area contributed by atoms with Gasteiger partial charge in [0, 0.05) is 37.2 Å². The molecule has 0 saturated carbocycles. The lowest BCUT2D eigenvalue weighted by atomic mass is 9.97. The van der Waals surface area contributed by atoms with E-state index in [1.165, 1.54) is 10.5 Å². The average molecular weight is 468 g/mol. The first-order valence-electron chi connectivity index (χ1n) is 12.1. The lowest BCUT2D eigenvalue weighted by Gasteiger charge is -2.32. The molecule has 1 fully saturated rings. The van der Waals surface area contributed by atoms with Crippen LogP contribution in [-0.2, 0) is 14.3 Å². The van der Waals surface area contributed by atoms with Gasteiger partial charge in [-0.25, -0.2) is 0 Å². The van der Waals surface area contributed by atoms with Crippen molar-refractivity contribution >= 4 is 17.8 Å². The fraction of sp³-hybridized carbons (Fsp3) is 0.519. The monoisotopic (exact) mass is 467 g/mol.